The van der Waals surface area contributed by atoms with Crippen molar-refractivity contribution in [3.8, 4) is 0 Å². The zero-order chi connectivity index (χ0) is 21.4. The largest absolute Gasteiger partial charge is 0.363 e. The number of amides is 2. The van der Waals surface area contributed by atoms with Gasteiger partial charge in [0.1, 0.15) is 5.70 Å². The lowest BCUT2D eigenvalue weighted by Crippen LogP contribution is -2.46. The van der Waals surface area contributed by atoms with Crippen LogP contribution in [0.5, 0.6) is 0 Å². The Labute approximate surface area is 175 Å². The van der Waals surface area contributed by atoms with Crippen LogP contribution in [0.25, 0.3) is 5.65 Å². The summed E-state index contributed by atoms with van der Waals surface area (Å²) < 4.78 is 1.66. The van der Waals surface area contributed by atoms with Crippen molar-refractivity contribution in [1.29, 1.82) is 0 Å². The number of hydrogen-bond donors (Lipinski definition) is 1. The number of nitrogens with one attached hydrogen (secondary N) is 1. The summed E-state index contributed by atoms with van der Waals surface area (Å²) in [6.45, 7) is 3.54. The molecule has 0 aliphatic carbocycles. The quantitative estimate of drug-likeness (QED) is 0.806. The van der Waals surface area contributed by atoms with Crippen molar-refractivity contribution in [2.24, 2.45) is 0 Å². The van der Waals surface area contributed by atoms with Crippen LogP contribution in [0.2, 0.25) is 0 Å². The minimum atomic E-state index is -0.305. The lowest BCUT2D eigenvalue weighted by Gasteiger charge is -2.36. The first kappa shape index (κ1) is 19.9. The molecule has 158 valence electrons. The lowest BCUT2D eigenvalue weighted by atomic mass is 9.99. The van der Waals surface area contributed by atoms with Gasteiger partial charge in [0.2, 0.25) is 5.95 Å². The molecule has 30 heavy (non-hydrogen) atoms. The predicted molar refractivity (Wildman–Crippen MR) is 115 cm³/mol. The lowest BCUT2D eigenvalue weighted by molar-refractivity contribution is -0.130. The summed E-state index contributed by atoms with van der Waals surface area (Å²) in [5, 5.41) is 7.31. The van der Waals surface area contributed by atoms with E-state index < -0.39 is 0 Å². The van der Waals surface area contributed by atoms with Gasteiger partial charge in [-0.05, 0) is 25.0 Å². The monoisotopic (exact) mass is 409 g/mol. The summed E-state index contributed by atoms with van der Waals surface area (Å²) in [5.41, 5.74) is 2.07. The molecule has 4 rings (SSSR count). The maximum absolute atomic E-state index is 13.3. The van der Waals surface area contributed by atoms with Gasteiger partial charge in [-0.25, -0.2) is 4.52 Å². The zero-order valence-corrected chi connectivity index (χ0v) is 17.8. The Bertz CT molecular complexity index is 1050. The minimum absolute atomic E-state index is 0.0697. The number of anilines is 2. The standard InChI is InChI=1S/C21H27N7O2/c1-5-15-7-8-16(20(30)27-10-6-11-27)18(26(15)4)19(29)22-14-9-12-28-17(13-14)23-21(24-28)25(2)3/h7-9,12-13,15H,5-6,10-11H2,1-4H3,(H,22,29). The molecule has 2 aromatic heterocycles. The Morgan fingerprint density at radius 2 is 2.07 bits per heavy atom. The normalized spacial score (nSPS) is 18.6. The van der Waals surface area contributed by atoms with Crippen LogP contribution in [-0.2, 0) is 9.59 Å². The van der Waals surface area contributed by atoms with E-state index in [2.05, 4.69) is 22.3 Å². The van der Waals surface area contributed by atoms with E-state index >= 15 is 0 Å². The number of nitrogens with zero attached hydrogens (tertiary/aromatic N) is 6. The fourth-order valence-electron chi connectivity index (χ4n) is 3.65. The fourth-order valence-corrected chi connectivity index (χ4v) is 3.65. The Balaban J connectivity index is 1.64. The Morgan fingerprint density at radius 3 is 2.70 bits per heavy atom. The molecule has 1 N–H and O–H groups in total. The van der Waals surface area contributed by atoms with Crippen molar-refractivity contribution in [3.63, 3.8) is 0 Å². The molecule has 4 heterocycles. The number of carbonyl (C=O) groups is 2. The second-order valence-electron chi connectivity index (χ2n) is 7.83. The molecular formula is C21H27N7O2. The summed E-state index contributed by atoms with van der Waals surface area (Å²) in [7, 11) is 5.61. The van der Waals surface area contributed by atoms with Crippen LogP contribution in [0.1, 0.15) is 19.8 Å². The van der Waals surface area contributed by atoms with Gasteiger partial charge in [0.15, 0.2) is 5.65 Å². The van der Waals surface area contributed by atoms with Crippen LogP contribution >= 0.6 is 0 Å². The van der Waals surface area contributed by atoms with Crippen LogP contribution in [0.15, 0.2) is 41.8 Å². The predicted octanol–water partition coefficient (Wildman–Crippen LogP) is 1.50. The number of hydrogen-bond acceptors (Lipinski definition) is 6. The molecule has 0 aromatic carbocycles. The van der Waals surface area contributed by atoms with Crippen LogP contribution in [0.4, 0.5) is 11.6 Å². The smallest absolute Gasteiger partial charge is 0.272 e. The molecule has 2 aliphatic rings. The van der Waals surface area contributed by atoms with E-state index in [4.69, 9.17) is 0 Å². The molecule has 1 saturated heterocycles. The first-order chi connectivity index (χ1) is 14.4. The molecule has 1 atom stereocenters. The SMILES string of the molecule is CCC1C=CC(C(=O)N2CCC2)=C(C(=O)Nc2ccn3nc(N(C)C)nc3c2)N1C. The number of likely N-dealkylation sites (N-methyl/N-ethyl adjacent to an activating group) is 1. The number of rotatable bonds is 5. The number of pyridine rings is 1. The van der Waals surface area contributed by atoms with Crippen molar-refractivity contribution < 1.29 is 9.59 Å². The number of aromatic nitrogens is 3. The van der Waals surface area contributed by atoms with Gasteiger partial charge >= 0.3 is 0 Å². The minimum Gasteiger partial charge on any atom is -0.363 e. The van der Waals surface area contributed by atoms with Crippen molar-refractivity contribution in [2.45, 2.75) is 25.8 Å². The summed E-state index contributed by atoms with van der Waals surface area (Å²) >= 11 is 0. The highest BCUT2D eigenvalue weighted by Crippen LogP contribution is 2.26. The third kappa shape index (κ3) is 3.51. The topological polar surface area (TPSA) is 86.1 Å². The van der Waals surface area contributed by atoms with Gasteiger partial charge < -0.3 is 20.0 Å². The van der Waals surface area contributed by atoms with E-state index in [9.17, 15) is 9.59 Å². The molecule has 0 radical (unpaired) electrons. The maximum atomic E-state index is 13.3. The molecule has 1 unspecified atom stereocenters. The summed E-state index contributed by atoms with van der Waals surface area (Å²) in [6.07, 6.45) is 7.40. The average Bonchev–Trinajstić information content (AvgIpc) is 3.10. The highest BCUT2D eigenvalue weighted by molar-refractivity contribution is 6.11. The molecule has 2 aromatic rings. The second-order valence-corrected chi connectivity index (χ2v) is 7.83. The van der Waals surface area contributed by atoms with Crippen LogP contribution in [-0.4, -0.2) is 76.5 Å². The zero-order valence-electron chi connectivity index (χ0n) is 17.8. The highest BCUT2D eigenvalue weighted by atomic mass is 16.2. The van der Waals surface area contributed by atoms with Gasteiger partial charge in [0.25, 0.3) is 11.8 Å². The highest BCUT2D eigenvalue weighted by Gasteiger charge is 2.32. The van der Waals surface area contributed by atoms with Crippen molar-refractivity contribution in [2.75, 3.05) is 44.4 Å². The van der Waals surface area contributed by atoms with Gasteiger partial charge in [0, 0.05) is 58.2 Å². The maximum Gasteiger partial charge on any atom is 0.272 e. The fraction of sp³-hybridized carbons (Fsp3) is 0.429. The van der Waals surface area contributed by atoms with E-state index in [0.29, 0.717) is 28.6 Å². The third-order valence-electron chi connectivity index (χ3n) is 5.58. The number of fused-ring (bicyclic) bond motifs is 1. The Kier molecular flexibility index (Phi) is 5.19. The van der Waals surface area contributed by atoms with Gasteiger partial charge in [-0.1, -0.05) is 13.0 Å². The summed E-state index contributed by atoms with van der Waals surface area (Å²) in [4.78, 5) is 36.1. The molecule has 2 aliphatic heterocycles. The van der Waals surface area contributed by atoms with Crippen molar-refractivity contribution in [3.05, 3.63) is 41.8 Å². The van der Waals surface area contributed by atoms with Crippen molar-refractivity contribution in [1.82, 2.24) is 24.4 Å². The molecule has 0 saturated carbocycles. The van der Waals surface area contributed by atoms with E-state index in [-0.39, 0.29) is 17.9 Å². The van der Waals surface area contributed by atoms with Gasteiger partial charge in [-0.15, -0.1) is 5.10 Å². The van der Waals surface area contributed by atoms with Gasteiger partial charge in [-0.2, -0.15) is 4.98 Å². The van der Waals surface area contributed by atoms with Gasteiger partial charge in [-0.3, -0.25) is 9.59 Å². The Morgan fingerprint density at radius 1 is 1.30 bits per heavy atom. The van der Waals surface area contributed by atoms with E-state index in [1.54, 1.807) is 33.8 Å². The van der Waals surface area contributed by atoms with Gasteiger partial charge in [0.05, 0.1) is 5.57 Å². The molecule has 9 heteroatoms. The number of likely N-dealkylation sites (tertiary alicyclic amines) is 1. The summed E-state index contributed by atoms with van der Waals surface area (Å²) in [5.74, 6) is 0.194. The molecule has 2 amide bonds. The van der Waals surface area contributed by atoms with Crippen LogP contribution in [0.3, 0.4) is 0 Å². The molecule has 9 nitrogen and oxygen atoms in total. The molecule has 0 spiro atoms. The molecule has 1 fully saturated rings. The molecule has 0 bridgehead atoms. The second kappa shape index (κ2) is 7.81. The third-order valence-corrected chi connectivity index (χ3v) is 5.58. The van der Waals surface area contributed by atoms with Crippen LogP contribution < -0.4 is 10.2 Å². The summed E-state index contributed by atoms with van der Waals surface area (Å²) in [6, 6.07) is 3.61. The van der Waals surface area contributed by atoms with E-state index in [1.165, 1.54) is 0 Å². The van der Waals surface area contributed by atoms with E-state index in [0.717, 1.165) is 25.9 Å². The first-order valence-corrected chi connectivity index (χ1v) is 10.2. The average molecular weight is 409 g/mol. The number of carbonyl (C=O) groups excluding carboxylic acids is 2. The van der Waals surface area contributed by atoms with E-state index in [1.807, 2.05) is 37.0 Å². The first-order valence-electron chi connectivity index (χ1n) is 10.2. The molecular weight excluding hydrogens is 382 g/mol. The Hall–Kier alpha value is -3.36. The van der Waals surface area contributed by atoms with Crippen molar-refractivity contribution >= 4 is 29.1 Å². The van der Waals surface area contributed by atoms with Crippen LogP contribution in [0, 0.1) is 0 Å².